The summed E-state index contributed by atoms with van der Waals surface area (Å²) >= 11 is 0. The maximum atomic E-state index is 13.7. The molecular formula is C15H20FN3O. The second-order valence-corrected chi connectivity index (χ2v) is 5.31. The third-order valence-electron chi connectivity index (χ3n) is 3.17. The van der Waals surface area contributed by atoms with E-state index in [1.54, 1.807) is 18.2 Å². The molecule has 0 amide bonds. The predicted molar refractivity (Wildman–Crippen MR) is 75.7 cm³/mol. The van der Waals surface area contributed by atoms with Crippen LogP contribution in [0.4, 0.5) is 4.39 Å². The molecule has 1 unspecified atom stereocenters. The highest BCUT2D eigenvalue weighted by Crippen LogP contribution is 2.20. The Morgan fingerprint density at radius 2 is 2.05 bits per heavy atom. The van der Waals surface area contributed by atoms with Crippen LogP contribution in [0.1, 0.15) is 26.2 Å². The number of halogens is 1. The molecule has 5 heteroatoms. The number of benzene rings is 1. The van der Waals surface area contributed by atoms with Crippen molar-refractivity contribution in [2.24, 2.45) is 5.92 Å². The zero-order valence-electron chi connectivity index (χ0n) is 12.1. The molecule has 108 valence electrons. The molecule has 1 N–H and O–H groups in total. The lowest BCUT2D eigenvalue weighted by Gasteiger charge is -2.15. The number of nitrogens with zero attached hydrogens (tertiary/aromatic N) is 2. The number of aromatic nitrogens is 2. The van der Waals surface area contributed by atoms with Crippen LogP contribution in [0.2, 0.25) is 0 Å². The van der Waals surface area contributed by atoms with Gasteiger partial charge in [-0.3, -0.25) is 0 Å². The van der Waals surface area contributed by atoms with Crippen molar-refractivity contribution >= 4 is 0 Å². The molecule has 0 saturated heterocycles. The smallest absolute Gasteiger partial charge is 0.228 e. The van der Waals surface area contributed by atoms with Crippen LogP contribution in [0.3, 0.4) is 0 Å². The molecule has 20 heavy (non-hydrogen) atoms. The molecule has 1 aromatic heterocycles. The first-order valence-electron chi connectivity index (χ1n) is 6.85. The third kappa shape index (κ3) is 3.63. The highest BCUT2D eigenvalue weighted by atomic mass is 19.1. The van der Waals surface area contributed by atoms with Crippen molar-refractivity contribution in [3.63, 3.8) is 0 Å². The average molecular weight is 277 g/mol. The van der Waals surface area contributed by atoms with Crippen LogP contribution < -0.4 is 5.32 Å². The Balaban J connectivity index is 2.11. The first-order valence-corrected chi connectivity index (χ1v) is 6.85. The topological polar surface area (TPSA) is 51.0 Å². The SMILES string of the molecule is CNC(Cc1nc(-c2ccccc2F)no1)CC(C)C. The number of hydrogen-bond donors (Lipinski definition) is 1. The minimum atomic E-state index is -0.341. The van der Waals surface area contributed by atoms with Crippen LogP contribution in [0.5, 0.6) is 0 Å². The molecule has 4 nitrogen and oxygen atoms in total. The van der Waals surface area contributed by atoms with Crippen molar-refractivity contribution in [1.82, 2.24) is 15.5 Å². The fraction of sp³-hybridized carbons (Fsp3) is 0.467. The summed E-state index contributed by atoms with van der Waals surface area (Å²) in [5, 5.41) is 7.10. The maximum Gasteiger partial charge on any atom is 0.228 e. The van der Waals surface area contributed by atoms with Gasteiger partial charge in [0.05, 0.1) is 5.56 Å². The second-order valence-electron chi connectivity index (χ2n) is 5.31. The summed E-state index contributed by atoms with van der Waals surface area (Å²) < 4.78 is 18.9. The summed E-state index contributed by atoms with van der Waals surface area (Å²) in [6, 6.07) is 6.71. The monoisotopic (exact) mass is 277 g/mol. The van der Waals surface area contributed by atoms with Gasteiger partial charge in [0.1, 0.15) is 5.82 Å². The van der Waals surface area contributed by atoms with Crippen molar-refractivity contribution in [1.29, 1.82) is 0 Å². The molecule has 1 heterocycles. The summed E-state index contributed by atoms with van der Waals surface area (Å²) in [6.45, 7) is 4.34. The Kier molecular flexibility index (Phi) is 4.84. The Morgan fingerprint density at radius 1 is 1.30 bits per heavy atom. The van der Waals surface area contributed by atoms with E-state index in [1.165, 1.54) is 6.07 Å². The van der Waals surface area contributed by atoms with Crippen LogP contribution >= 0.6 is 0 Å². The van der Waals surface area contributed by atoms with Gasteiger partial charge in [0.25, 0.3) is 0 Å². The van der Waals surface area contributed by atoms with Gasteiger partial charge in [0.15, 0.2) is 0 Å². The van der Waals surface area contributed by atoms with Gasteiger partial charge in [-0.2, -0.15) is 4.98 Å². The molecule has 0 bridgehead atoms. The summed E-state index contributed by atoms with van der Waals surface area (Å²) in [7, 11) is 1.92. The molecule has 2 aromatic rings. The molecule has 0 saturated carbocycles. The van der Waals surface area contributed by atoms with E-state index in [9.17, 15) is 4.39 Å². The number of nitrogens with one attached hydrogen (secondary N) is 1. The largest absolute Gasteiger partial charge is 0.339 e. The van der Waals surface area contributed by atoms with E-state index in [1.807, 2.05) is 7.05 Å². The molecule has 1 atom stereocenters. The fourth-order valence-corrected chi connectivity index (χ4v) is 2.17. The van der Waals surface area contributed by atoms with E-state index in [2.05, 4.69) is 29.3 Å². The van der Waals surface area contributed by atoms with Crippen LogP contribution in [-0.2, 0) is 6.42 Å². The van der Waals surface area contributed by atoms with Gasteiger partial charge >= 0.3 is 0 Å². The molecular weight excluding hydrogens is 257 g/mol. The maximum absolute atomic E-state index is 13.7. The standard InChI is InChI=1S/C15H20FN3O/c1-10(2)8-11(17-3)9-14-18-15(19-20-14)12-6-4-5-7-13(12)16/h4-7,10-11,17H,8-9H2,1-3H3. The third-order valence-corrected chi connectivity index (χ3v) is 3.17. The molecule has 0 radical (unpaired) electrons. The van der Waals surface area contributed by atoms with Crippen molar-refractivity contribution < 1.29 is 8.91 Å². The van der Waals surface area contributed by atoms with E-state index >= 15 is 0 Å². The van der Waals surface area contributed by atoms with Crippen LogP contribution in [0, 0.1) is 11.7 Å². The lowest BCUT2D eigenvalue weighted by Crippen LogP contribution is -2.29. The fourth-order valence-electron chi connectivity index (χ4n) is 2.17. The molecule has 0 aliphatic rings. The molecule has 0 aliphatic carbocycles. The Hall–Kier alpha value is -1.75. The molecule has 1 aromatic carbocycles. The van der Waals surface area contributed by atoms with Gasteiger partial charge in [-0.05, 0) is 31.5 Å². The number of hydrogen-bond acceptors (Lipinski definition) is 4. The van der Waals surface area contributed by atoms with E-state index < -0.39 is 0 Å². The van der Waals surface area contributed by atoms with E-state index in [-0.39, 0.29) is 11.9 Å². The average Bonchev–Trinajstić information content (AvgIpc) is 2.86. The molecule has 0 spiro atoms. The molecule has 0 fully saturated rings. The minimum absolute atomic E-state index is 0.281. The van der Waals surface area contributed by atoms with Gasteiger partial charge in [0, 0.05) is 12.5 Å². The normalized spacial score (nSPS) is 12.8. The van der Waals surface area contributed by atoms with E-state index in [4.69, 9.17) is 4.52 Å². The highest BCUT2D eigenvalue weighted by Gasteiger charge is 2.16. The second kappa shape index (κ2) is 6.61. The summed E-state index contributed by atoms with van der Waals surface area (Å²) in [5.41, 5.74) is 0.368. The quantitative estimate of drug-likeness (QED) is 0.881. The summed E-state index contributed by atoms with van der Waals surface area (Å²) in [4.78, 5) is 4.28. The Morgan fingerprint density at radius 3 is 2.70 bits per heavy atom. The molecule has 0 aliphatic heterocycles. The Labute approximate surface area is 118 Å². The van der Waals surface area contributed by atoms with Crippen molar-refractivity contribution in [3.05, 3.63) is 36.0 Å². The van der Waals surface area contributed by atoms with Crippen molar-refractivity contribution in [3.8, 4) is 11.4 Å². The summed E-state index contributed by atoms with van der Waals surface area (Å²) in [5.74, 6) is 1.08. The van der Waals surface area contributed by atoms with Gasteiger partial charge in [-0.15, -0.1) is 0 Å². The lowest BCUT2D eigenvalue weighted by atomic mass is 10.0. The van der Waals surface area contributed by atoms with Gasteiger partial charge in [-0.1, -0.05) is 31.1 Å². The van der Waals surface area contributed by atoms with Crippen molar-refractivity contribution in [2.75, 3.05) is 7.05 Å². The van der Waals surface area contributed by atoms with Gasteiger partial charge in [0.2, 0.25) is 11.7 Å². The predicted octanol–water partition coefficient (Wildman–Crippen LogP) is 3.05. The zero-order valence-corrected chi connectivity index (χ0v) is 12.1. The highest BCUT2D eigenvalue weighted by molar-refractivity contribution is 5.54. The first-order chi connectivity index (χ1) is 9.60. The van der Waals surface area contributed by atoms with Crippen LogP contribution in [-0.4, -0.2) is 23.2 Å². The van der Waals surface area contributed by atoms with Crippen molar-refractivity contribution in [2.45, 2.75) is 32.7 Å². The zero-order chi connectivity index (χ0) is 14.5. The van der Waals surface area contributed by atoms with Gasteiger partial charge in [-0.25, -0.2) is 4.39 Å². The summed E-state index contributed by atoms with van der Waals surface area (Å²) in [6.07, 6.45) is 1.67. The molecule has 2 rings (SSSR count). The van der Waals surface area contributed by atoms with Crippen LogP contribution in [0.15, 0.2) is 28.8 Å². The van der Waals surface area contributed by atoms with Gasteiger partial charge < -0.3 is 9.84 Å². The first kappa shape index (κ1) is 14.7. The lowest BCUT2D eigenvalue weighted by molar-refractivity contribution is 0.345. The van der Waals surface area contributed by atoms with Crippen LogP contribution in [0.25, 0.3) is 11.4 Å². The number of rotatable bonds is 6. The minimum Gasteiger partial charge on any atom is -0.339 e. The Bertz CT molecular complexity index is 554. The van der Waals surface area contributed by atoms with E-state index in [0.29, 0.717) is 29.6 Å². The number of likely N-dealkylation sites (N-methyl/N-ethyl adjacent to an activating group) is 1. The van der Waals surface area contributed by atoms with E-state index in [0.717, 1.165) is 6.42 Å².